The lowest BCUT2D eigenvalue weighted by Crippen LogP contribution is -2.23. The summed E-state index contributed by atoms with van der Waals surface area (Å²) in [6.07, 6.45) is 2.56. The van der Waals surface area contributed by atoms with Crippen molar-refractivity contribution in [1.29, 1.82) is 0 Å². The molecule has 1 aromatic heterocycles. The van der Waals surface area contributed by atoms with Crippen LogP contribution in [-0.2, 0) is 6.54 Å². The summed E-state index contributed by atoms with van der Waals surface area (Å²) in [5, 5.41) is 4.50. The Morgan fingerprint density at radius 2 is 2.20 bits per heavy atom. The Morgan fingerprint density at radius 1 is 1.35 bits per heavy atom. The summed E-state index contributed by atoms with van der Waals surface area (Å²) >= 11 is 0. The van der Waals surface area contributed by atoms with Crippen LogP contribution in [0.4, 0.5) is 5.82 Å². The Labute approximate surface area is 121 Å². The molecule has 2 aromatic rings. The third kappa shape index (κ3) is 2.50. The van der Waals surface area contributed by atoms with E-state index < -0.39 is 0 Å². The highest BCUT2D eigenvalue weighted by Crippen LogP contribution is 2.29. The first kappa shape index (κ1) is 13.4. The van der Waals surface area contributed by atoms with Crippen molar-refractivity contribution in [3.63, 3.8) is 0 Å². The standard InChI is InChI=1S/C17H23N3/c1-3-13-8-9-20(12-13)17-15(11-18-2)10-14-6-4-5-7-16(14)19-17/h4-7,10,13,18H,3,8-9,11-12H2,1-2H3. The second-order valence-corrected chi connectivity index (χ2v) is 5.70. The lowest BCUT2D eigenvalue weighted by molar-refractivity contribution is 0.568. The molecule has 1 aliphatic rings. The molecule has 0 aliphatic carbocycles. The monoisotopic (exact) mass is 269 g/mol. The number of hydrogen-bond donors (Lipinski definition) is 1. The van der Waals surface area contributed by atoms with Gasteiger partial charge in [-0.25, -0.2) is 4.98 Å². The van der Waals surface area contributed by atoms with Gasteiger partial charge in [0.15, 0.2) is 0 Å². The van der Waals surface area contributed by atoms with Crippen LogP contribution >= 0.6 is 0 Å². The van der Waals surface area contributed by atoms with E-state index in [1.54, 1.807) is 0 Å². The van der Waals surface area contributed by atoms with Crippen LogP contribution in [0.5, 0.6) is 0 Å². The molecule has 0 spiro atoms. The van der Waals surface area contributed by atoms with E-state index in [0.29, 0.717) is 0 Å². The zero-order chi connectivity index (χ0) is 13.9. The van der Waals surface area contributed by atoms with Crippen molar-refractivity contribution >= 4 is 16.7 Å². The van der Waals surface area contributed by atoms with Crippen molar-refractivity contribution in [3.8, 4) is 0 Å². The average Bonchev–Trinajstić information content (AvgIpc) is 2.95. The zero-order valence-electron chi connectivity index (χ0n) is 12.4. The summed E-state index contributed by atoms with van der Waals surface area (Å²) < 4.78 is 0. The van der Waals surface area contributed by atoms with Crippen LogP contribution in [0.3, 0.4) is 0 Å². The van der Waals surface area contributed by atoms with Crippen LogP contribution in [-0.4, -0.2) is 25.1 Å². The molecule has 0 radical (unpaired) electrons. The molecule has 20 heavy (non-hydrogen) atoms. The normalized spacial score (nSPS) is 18.9. The summed E-state index contributed by atoms with van der Waals surface area (Å²) in [6.45, 7) is 5.45. The average molecular weight is 269 g/mol. The molecule has 3 heteroatoms. The Balaban J connectivity index is 2.01. The van der Waals surface area contributed by atoms with Gasteiger partial charge in [-0.15, -0.1) is 0 Å². The predicted molar refractivity (Wildman–Crippen MR) is 85.1 cm³/mol. The summed E-state index contributed by atoms with van der Waals surface area (Å²) in [5.41, 5.74) is 2.41. The smallest absolute Gasteiger partial charge is 0.133 e. The zero-order valence-corrected chi connectivity index (χ0v) is 12.4. The van der Waals surface area contributed by atoms with Crippen LogP contribution < -0.4 is 10.2 Å². The van der Waals surface area contributed by atoms with Gasteiger partial charge in [-0.1, -0.05) is 31.5 Å². The summed E-state index contributed by atoms with van der Waals surface area (Å²) in [6, 6.07) is 10.7. The minimum Gasteiger partial charge on any atom is -0.356 e. The fourth-order valence-corrected chi connectivity index (χ4v) is 3.10. The molecule has 3 rings (SSSR count). The summed E-state index contributed by atoms with van der Waals surface area (Å²) in [4.78, 5) is 7.40. The van der Waals surface area contributed by atoms with Gasteiger partial charge in [0.2, 0.25) is 0 Å². The second-order valence-electron chi connectivity index (χ2n) is 5.70. The van der Waals surface area contributed by atoms with E-state index >= 15 is 0 Å². The van der Waals surface area contributed by atoms with E-state index in [4.69, 9.17) is 4.98 Å². The van der Waals surface area contributed by atoms with Gasteiger partial charge in [-0.3, -0.25) is 0 Å². The first-order chi connectivity index (χ1) is 9.81. The highest BCUT2D eigenvalue weighted by atomic mass is 15.2. The fraction of sp³-hybridized carbons (Fsp3) is 0.471. The minimum atomic E-state index is 0.825. The number of nitrogens with one attached hydrogen (secondary N) is 1. The van der Waals surface area contributed by atoms with E-state index in [1.165, 1.54) is 29.6 Å². The third-order valence-electron chi connectivity index (χ3n) is 4.31. The summed E-state index contributed by atoms with van der Waals surface area (Å²) in [7, 11) is 2.00. The predicted octanol–water partition coefficient (Wildman–Crippen LogP) is 3.19. The minimum absolute atomic E-state index is 0.825. The molecule has 3 nitrogen and oxygen atoms in total. The number of benzene rings is 1. The maximum atomic E-state index is 4.93. The molecule has 1 atom stereocenters. The van der Waals surface area contributed by atoms with Crippen LogP contribution in [0.1, 0.15) is 25.3 Å². The number of anilines is 1. The van der Waals surface area contributed by atoms with Crippen molar-refractivity contribution in [1.82, 2.24) is 10.3 Å². The molecule has 0 saturated carbocycles. The van der Waals surface area contributed by atoms with Crippen LogP contribution in [0.2, 0.25) is 0 Å². The van der Waals surface area contributed by atoms with E-state index in [-0.39, 0.29) is 0 Å². The van der Waals surface area contributed by atoms with Gasteiger partial charge >= 0.3 is 0 Å². The largest absolute Gasteiger partial charge is 0.356 e. The number of fused-ring (bicyclic) bond motifs is 1. The topological polar surface area (TPSA) is 28.2 Å². The van der Waals surface area contributed by atoms with Gasteiger partial charge in [0.1, 0.15) is 5.82 Å². The molecule has 1 unspecified atom stereocenters. The molecular formula is C17H23N3. The molecule has 2 heterocycles. The van der Waals surface area contributed by atoms with Crippen molar-refractivity contribution in [2.24, 2.45) is 5.92 Å². The lowest BCUT2D eigenvalue weighted by Gasteiger charge is -2.21. The lowest BCUT2D eigenvalue weighted by atomic mass is 10.1. The highest BCUT2D eigenvalue weighted by molar-refractivity contribution is 5.81. The van der Waals surface area contributed by atoms with Gasteiger partial charge in [-0.2, -0.15) is 0 Å². The van der Waals surface area contributed by atoms with Crippen LogP contribution in [0, 0.1) is 5.92 Å². The molecule has 106 valence electrons. The first-order valence-corrected chi connectivity index (χ1v) is 7.60. The number of aromatic nitrogens is 1. The fourth-order valence-electron chi connectivity index (χ4n) is 3.10. The number of para-hydroxylation sites is 1. The second kappa shape index (κ2) is 5.80. The molecule has 1 N–H and O–H groups in total. The van der Waals surface area contributed by atoms with Gasteiger partial charge < -0.3 is 10.2 Å². The van der Waals surface area contributed by atoms with E-state index in [2.05, 4.69) is 47.5 Å². The third-order valence-corrected chi connectivity index (χ3v) is 4.31. The van der Waals surface area contributed by atoms with Gasteiger partial charge in [0.05, 0.1) is 5.52 Å². The van der Waals surface area contributed by atoms with Crippen LogP contribution in [0.25, 0.3) is 10.9 Å². The summed E-state index contributed by atoms with van der Waals surface area (Å²) in [5.74, 6) is 2.00. The Bertz CT molecular complexity index is 594. The van der Waals surface area contributed by atoms with Crippen molar-refractivity contribution < 1.29 is 0 Å². The van der Waals surface area contributed by atoms with E-state index in [1.807, 2.05) is 7.05 Å². The quantitative estimate of drug-likeness (QED) is 0.924. The number of rotatable bonds is 4. The number of hydrogen-bond acceptors (Lipinski definition) is 3. The Morgan fingerprint density at radius 3 is 2.95 bits per heavy atom. The van der Waals surface area contributed by atoms with E-state index in [9.17, 15) is 0 Å². The molecular weight excluding hydrogens is 246 g/mol. The maximum Gasteiger partial charge on any atom is 0.133 e. The molecule has 1 aliphatic heterocycles. The van der Waals surface area contributed by atoms with Gasteiger partial charge in [-0.05, 0) is 31.5 Å². The van der Waals surface area contributed by atoms with Crippen molar-refractivity contribution in [2.75, 3.05) is 25.0 Å². The Hall–Kier alpha value is -1.61. The van der Waals surface area contributed by atoms with E-state index in [0.717, 1.165) is 31.1 Å². The van der Waals surface area contributed by atoms with Crippen molar-refractivity contribution in [2.45, 2.75) is 26.3 Å². The molecule has 0 bridgehead atoms. The first-order valence-electron chi connectivity index (χ1n) is 7.60. The number of nitrogens with zero attached hydrogens (tertiary/aromatic N) is 2. The molecule has 1 saturated heterocycles. The Kier molecular flexibility index (Phi) is 3.88. The van der Waals surface area contributed by atoms with Gasteiger partial charge in [0.25, 0.3) is 0 Å². The maximum absolute atomic E-state index is 4.93. The van der Waals surface area contributed by atoms with Crippen molar-refractivity contribution in [3.05, 3.63) is 35.9 Å². The van der Waals surface area contributed by atoms with Gasteiger partial charge in [0, 0.05) is 30.6 Å². The molecule has 1 fully saturated rings. The molecule has 0 amide bonds. The highest BCUT2D eigenvalue weighted by Gasteiger charge is 2.24. The molecule has 1 aromatic carbocycles. The van der Waals surface area contributed by atoms with Crippen LogP contribution in [0.15, 0.2) is 30.3 Å². The SMILES string of the molecule is CCC1CCN(c2nc3ccccc3cc2CNC)C1. The number of pyridine rings is 1.